The predicted octanol–water partition coefficient (Wildman–Crippen LogP) is 3.51. The number of para-hydroxylation sites is 1. The quantitative estimate of drug-likeness (QED) is 0.865. The topological polar surface area (TPSA) is 32.5 Å². The first-order valence-corrected chi connectivity index (χ1v) is 8.19. The van der Waals surface area contributed by atoms with Crippen LogP contribution in [0.2, 0.25) is 0 Å². The molecule has 4 nitrogen and oxygen atoms in total. The van der Waals surface area contributed by atoms with Crippen molar-refractivity contribution in [2.45, 2.75) is 32.7 Å². The summed E-state index contributed by atoms with van der Waals surface area (Å²) in [5, 5.41) is 0. The highest BCUT2D eigenvalue weighted by Gasteiger charge is 2.17. The minimum Gasteiger partial charge on any atom is -0.448 e. The Morgan fingerprint density at radius 3 is 2.64 bits per heavy atom. The number of hydrogen-bond acceptors (Lipinski definition) is 4. The first-order chi connectivity index (χ1) is 10.7. The summed E-state index contributed by atoms with van der Waals surface area (Å²) in [7, 11) is 0. The minimum atomic E-state index is 0.353. The highest BCUT2D eigenvalue weighted by Crippen LogP contribution is 2.18. The van der Waals surface area contributed by atoms with Crippen molar-refractivity contribution in [3.05, 3.63) is 48.2 Å². The lowest BCUT2D eigenvalue weighted by molar-refractivity contribution is 0.282. The molecule has 0 amide bonds. The van der Waals surface area contributed by atoms with E-state index in [-0.39, 0.29) is 0 Å². The van der Waals surface area contributed by atoms with Gasteiger partial charge in [0, 0.05) is 44.3 Å². The second-order valence-corrected chi connectivity index (χ2v) is 6.28. The number of hydrogen-bond donors (Lipinski definition) is 0. The molecule has 3 rings (SSSR count). The van der Waals surface area contributed by atoms with E-state index in [1.165, 1.54) is 12.1 Å². The zero-order valence-electron chi connectivity index (χ0n) is 13.5. The molecule has 1 saturated heterocycles. The molecule has 2 heterocycles. The molecule has 4 heteroatoms. The molecule has 0 spiro atoms. The van der Waals surface area contributed by atoms with E-state index < -0.39 is 0 Å². The monoisotopic (exact) mass is 299 g/mol. The van der Waals surface area contributed by atoms with Crippen molar-refractivity contribution in [2.24, 2.45) is 0 Å². The fraction of sp³-hybridized carbons (Fsp3) is 0.500. The first kappa shape index (κ1) is 15.1. The van der Waals surface area contributed by atoms with Crippen LogP contribution >= 0.6 is 0 Å². The predicted molar refractivity (Wildman–Crippen MR) is 89.1 cm³/mol. The van der Waals surface area contributed by atoms with Crippen LogP contribution in [-0.4, -0.2) is 36.1 Å². The van der Waals surface area contributed by atoms with Gasteiger partial charge in [0.15, 0.2) is 5.89 Å². The fourth-order valence-corrected chi connectivity index (χ4v) is 2.92. The zero-order chi connectivity index (χ0) is 15.4. The molecule has 0 aliphatic carbocycles. The van der Waals surface area contributed by atoms with Crippen LogP contribution in [0.4, 0.5) is 5.69 Å². The van der Waals surface area contributed by atoms with Crippen molar-refractivity contribution in [3.63, 3.8) is 0 Å². The van der Waals surface area contributed by atoms with Gasteiger partial charge in [-0.2, -0.15) is 0 Å². The van der Waals surface area contributed by atoms with Crippen molar-refractivity contribution < 1.29 is 4.42 Å². The summed E-state index contributed by atoms with van der Waals surface area (Å²) in [5.74, 6) is 1.20. The van der Waals surface area contributed by atoms with Crippen LogP contribution in [-0.2, 0) is 6.54 Å². The molecular formula is C18H25N3O. The van der Waals surface area contributed by atoms with Gasteiger partial charge < -0.3 is 9.32 Å². The number of anilines is 1. The Hall–Kier alpha value is -1.81. The van der Waals surface area contributed by atoms with Crippen LogP contribution in [0.3, 0.4) is 0 Å². The lowest BCUT2D eigenvalue weighted by atomic mass is 10.2. The van der Waals surface area contributed by atoms with Crippen LogP contribution in [0.5, 0.6) is 0 Å². The Morgan fingerprint density at radius 1 is 1.09 bits per heavy atom. The summed E-state index contributed by atoms with van der Waals surface area (Å²) in [6, 6.07) is 10.7. The van der Waals surface area contributed by atoms with Crippen LogP contribution in [0, 0.1) is 0 Å². The van der Waals surface area contributed by atoms with Crippen molar-refractivity contribution in [2.75, 3.05) is 31.1 Å². The first-order valence-electron chi connectivity index (χ1n) is 8.19. The summed E-state index contributed by atoms with van der Waals surface area (Å²) in [5.41, 5.74) is 2.38. The summed E-state index contributed by atoms with van der Waals surface area (Å²) in [6.07, 6.45) is 3.00. The molecule has 0 saturated carbocycles. The maximum Gasteiger partial charge on any atom is 0.196 e. The second kappa shape index (κ2) is 6.97. The van der Waals surface area contributed by atoms with Gasteiger partial charge in [-0.25, -0.2) is 4.98 Å². The third kappa shape index (κ3) is 3.69. The van der Waals surface area contributed by atoms with Crippen LogP contribution in [0.15, 0.2) is 41.0 Å². The van der Waals surface area contributed by atoms with Crippen LogP contribution in [0.1, 0.15) is 37.8 Å². The zero-order valence-corrected chi connectivity index (χ0v) is 13.5. The molecule has 1 aliphatic rings. The van der Waals surface area contributed by atoms with Gasteiger partial charge >= 0.3 is 0 Å². The van der Waals surface area contributed by atoms with Gasteiger partial charge in [0.1, 0.15) is 6.26 Å². The number of aromatic nitrogens is 1. The smallest absolute Gasteiger partial charge is 0.196 e. The van der Waals surface area contributed by atoms with Gasteiger partial charge in [0.05, 0.1) is 5.69 Å². The van der Waals surface area contributed by atoms with Gasteiger partial charge in [-0.05, 0) is 18.6 Å². The Kier molecular flexibility index (Phi) is 4.78. The lowest BCUT2D eigenvalue weighted by Crippen LogP contribution is -2.30. The average Bonchev–Trinajstić information content (AvgIpc) is 2.87. The maximum absolute atomic E-state index is 5.54. The minimum absolute atomic E-state index is 0.353. The Balaban J connectivity index is 1.58. The van der Waals surface area contributed by atoms with Crippen molar-refractivity contribution >= 4 is 5.69 Å². The van der Waals surface area contributed by atoms with Gasteiger partial charge in [0.2, 0.25) is 0 Å². The second-order valence-electron chi connectivity index (χ2n) is 6.28. The fourth-order valence-electron chi connectivity index (χ4n) is 2.92. The molecule has 1 aromatic carbocycles. The van der Waals surface area contributed by atoms with E-state index >= 15 is 0 Å². The molecule has 0 unspecified atom stereocenters. The standard InChI is InChI=1S/C18H25N3O/c1-15(2)18-19-16(14-22-18)13-20-9-6-10-21(12-11-20)17-7-4-3-5-8-17/h3-5,7-8,14-15H,6,9-13H2,1-2H3. The Morgan fingerprint density at radius 2 is 1.91 bits per heavy atom. The molecule has 1 aliphatic heterocycles. The van der Waals surface area contributed by atoms with Crippen LogP contribution < -0.4 is 4.90 Å². The maximum atomic E-state index is 5.54. The largest absolute Gasteiger partial charge is 0.448 e. The molecular weight excluding hydrogens is 274 g/mol. The normalized spacial score (nSPS) is 17.0. The Bertz CT molecular complexity index is 579. The van der Waals surface area contributed by atoms with E-state index in [0.717, 1.165) is 44.3 Å². The lowest BCUT2D eigenvalue weighted by Gasteiger charge is -2.23. The highest BCUT2D eigenvalue weighted by molar-refractivity contribution is 5.46. The van der Waals surface area contributed by atoms with E-state index in [1.54, 1.807) is 0 Å². The summed E-state index contributed by atoms with van der Waals surface area (Å²) < 4.78 is 5.54. The number of nitrogens with zero attached hydrogens (tertiary/aromatic N) is 3. The Labute approximate surface area is 132 Å². The van der Waals surface area contributed by atoms with E-state index in [9.17, 15) is 0 Å². The molecule has 0 atom stereocenters. The molecule has 1 aromatic heterocycles. The van der Waals surface area contributed by atoms with Crippen molar-refractivity contribution in [1.82, 2.24) is 9.88 Å². The van der Waals surface area contributed by atoms with E-state index in [0.29, 0.717) is 5.92 Å². The number of benzene rings is 1. The van der Waals surface area contributed by atoms with Crippen molar-refractivity contribution in [1.29, 1.82) is 0 Å². The summed E-state index contributed by atoms with van der Waals surface area (Å²) >= 11 is 0. The summed E-state index contributed by atoms with van der Waals surface area (Å²) in [4.78, 5) is 9.54. The van der Waals surface area contributed by atoms with Crippen molar-refractivity contribution in [3.8, 4) is 0 Å². The number of rotatable bonds is 4. The van der Waals surface area contributed by atoms with Gasteiger partial charge in [-0.15, -0.1) is 0 Å². The highest BCUT2D eigenvalue weighted by atomic mass is 16.3. The number of oxazole rings is 1. The third-order valence-corrected chi connectivity index (χ3v) is 4.16. The third-order valence-electron chi connectivity index (χ3n) is 4.16. The molecule has 1 fully saturated rings. The molecule has 0 bridgehead atoms. The summed E-state index contributed by atoms with van der Waals surface area (Å²) in [6.45, 7) is 9.48. The van der Waals surface area contributed by atoms with Gasteiger partial charge in [-0.1, -0.05) is 32.0 Å². The van der Waals surface area contributed by atoms with E-state index in [4.69, 9.17) is 4.42 Å². The molecule has 0 radical (unpaired) electrons. The molecule has 118 valence electrons. The van der Waals surface area contributed by atoms with E-state index in [1.807, 2.05) is 6.26 Å². The van der Waals surface area contributed by atoms with Crippen LogP contribution in [0.25, 0.3) is 0 Å². The molecule has 0 N–H and O–H groups in total. The van der Waals surface area contributed by atoms with Gasteiger partial charge in [0.25, 0.3) is 0 Å². The van der Waals surface area contributed by atoms with E-state index in [2.05, 4.69) is 59.0 Å². The average molecular weight is 299 g/mol. The molecule has 2 aromatic rings. The van der Waals surface area contributed by atoms with Gasteiger partial charge in [-0.3, -0.25) is 4.90 Å². The molecule has 22 heavy (non-hydrogen) atoms. The SMILES string of the molecule is CC(C)c1nc(CN2CCCN(c3ccccc3)CC2)co1.